The van der Waals surface area contributed by atoms with Crippen LogP contribution in [-0.2, 0) is 4.79 Å². The third kappa shape index (κ3) is 3.61. The quantitative estimate of drug-likeness (QED) is 0.684. The lowest BCUT2D eigenvalue weighted by molar-refractivity contribution is -0.117. The zero-order chi connectivity index (χ0) is 18.1. The second-order valence-corrected chi connectivity index (χ2v) is 8.15. The number of aryl methyl sites for hydroxylation is 1. The molecule has 1 aliphatic heterocycles. The number of para-hydroxylation sites is 1. The molecule has 6 heteroatoms. The Morgan fingerprint density at radius 2 is 2.19 bits per heavy atom. The number of anilines is 1. The Balaban J connectivity index is 1.47. The van der Waals surface area contributed by atoms with E-state index in [0.717, 1.165) is 35.5 Å². The van der Waals surface area contributed by atoms with E-state index in [9.17, 15) is 4.79 Å². The predicted octanol–water partition coefficient (Wildman–Crippen LogP) is 5.03. The lowest BCUT2D eigenvalue weighted by atomic mass is 10.2. The smallest absolute Gasteiger partial charge is 0.238 e. The number of benzene rings is 2. The van der Waals surface area contributed by atoms with Gasteiger partial charge in [-0.25, -0.2) is 4.98 Å². The van der Waals surface area contributed by atoms with Gasteiger partial charge in [-0.05, 0) is 56.1 Å². The zero-order valence-corrected chi connectivity index (χ0v) is 16.1. The van der Waals surface area contributed by atoms with Gasteiger partial charge in [0.15, 0.2) is 0 Å². The fourth-order valence-corrected chi connectivity index (χ4v) is 4.84. The molecule has 1 saturated heterocycles. The normalized spacial score (nSPS) is 17.7. The minimum Gasteiger partial charge on any atom is -0.324 e. The van der Waals surface area contributed by atoms with E-state index in [0.29, 0.717) is 17.3 Å². The van der Waals surface area contributed by atoms with E-state index >= 15 is 0 Å². The Hall–Kier alpha value is -1.95. The highest BCUT2D eigenvalue weighted by molar-refractivity contribution is 7.18. The van der Waals surface area contributed by atoms with Crippen LogP contribution in [0.25, 0.3) is 10.2 Å². The summed E-state index contributed by atoms with van der Waals surface area (Å²) < 4.78 is 1.20. The van der Waals surface area contributed by atoms with Crippen molar-refractivity contribution in [2.24, 2.45) is 0 Å². The van der Waals surface area contributed by atoms with E-state index in [1.54, 1.807) is 11.3 Å². The van der Waals surface area contributed by atoms with Crippen LogP contribution in [0.4, 0.5) is 5.69 Å². The molecular weight excluding hydrogens is 366 g/mol. The molecule has 0 radical (unpaired) electrons. The average molecular weight is 386 g/mol. The number of halogens is 1. The molecule has 4 rings (SSSR count). The number of carbonyl (C=O) groups excluding carboxylic acids is 1. The molecule has 1 atom stereocenters. The van der Waals surface area contributed by atoms with Crippen LogP contribution in [0.1, 0.15) is 29.5 Å². The molecule has 2 aromatic carbocycles. The van der Waals surface area contributed by atoms with Crippen molar-refractivity contribution in [2.45, 2.75) is 25.8 Å². The number of hydrogen-bond donors (Lipinski definition) is 1. The Kier molecular flexibility index (Phi) is 4.94. The van der Waals surface area contributed by atoms with E-state index in [4.69, 9.17) is 16.6 Å². The molecule has 1 N–H and O–H groups in total. The lowest BCUT2D eigenvalue weighted by Gasteiger charge is -2.22. The van der Waals surface area contributed by atoms with Gasteiger partial charge in [0.1, 0.15) is 5.01 Å². The number of aromatic nitrogens is 1. The van der Waals surface area contributed by atoms with Crippen LogP contribution in [0.3, 0.4) is 0 Å². The Labute approximate surface area is 161 Å². The summed E-state index contributed by atoms with van der Waals surface area (Å²) in [6.07, 6.45) is 2.12. The van der Waals surface area contributed by atoms with E-state index in [1.165, 1.54) is 4.70 Å². The molecule has 2 heterocycles. The minimum atomic E-state index is -0.0382. The van der Waals surface area contributed by atoms with Gasteiger partial charge < -0.3 is 5.32 Å². The number of rotatable bonds is 4. The summed E-state index contributed by atoms with van der Waals surface area (Å²) in [6, 6.07) is 14.1. The van der Waals surface area contributed by atoms with Gasteiger partial charge >= 0.3 is 0 Å². The Morgan fingerprint density at radius 1 is 1.35 bits per heavy atom. The van der Waals surface area contributed by atoms with Crippen LogP contribution >= 0.6 is 22.9 Å². The van der Waals surface area contributed by atoms with Gasteiger partial charge in [0.25, 0.3) is 0 Å². The Bertz CT molecular complexity index is 922. The van der Waals surface area contributed by atoms with Gasteiger partial charge in [-0.1, -0.05) is 29.8 Å². The van der Waals surface area contributed by atoms with Crippen molar-refractivity contribution in [1.82, 2.24) is 9.88 Å². The monoisotopic (exact) mass is 385 g/mol. The van der Waals surface area contributed by atoms with Crippen LogP contribution in [0, 0.1) is 6.92 Å². The minimum absolute atomic E-state index is 0.0382. The van der Waals surface area contributed by atoms with Gasteiger partial charge in [0, 0.05) is 0 Å². The number of fused-ring (bicyclic) bond motifs is 1. The average Bonchev–Trinajstić information content (AvgIpc) is 3.23. The number of likely N-dealkylation sites (tertiary alicyclic amines) is 1. The van der Waals surface area contributed by atoms with Crippen molar-refractivity contribution < 1.29 is 4.79 Å². The van der Waals surface area contributed by atoms with E-state index in [-0.39, 0.29) is 11.9 Å². The molecule has 1 aliphatic rings. The number of thiazole rings is 1. The largest absolute Gasteiger partial charge is 0.324 e. The maximum atomic E-state index is 12.5. The summed E-state index contributed by atoms with van der Waals surface area (Å²) in [5.41, 5.74) is 2.77. The lowest BCUT2D eigenvalue weighted by Crippen LogP contribution is -2.33. The molecule has 1 fully saturated rings. The van der Waals surface area contributed by atoms with Crippen LogP contribution in [0.5, 0.6) is 0 Å². The first kappa shape index (κ1) is 17.5. The van der Waals surface area contributed by atoms with Crippen LogP contribution in [-0.4, -0.2) is 28.9 Å². The summed E-state index contributed by atoms with van der Waals surface area (Å²) in [4.78, 5) is 19.5. The molecule has 1 aromatic heterocycles. The van der Waals surface area contributed by atoms with Crippen LogP contribution < -0.4 is 5.32 Å². The van der Waals surface area contributed by atoms with Crippen molar-refractivity contribution in [2.75, 3.05) is 18.4 Å². The van der Waals surface area contributed by atoms with Crippen LogP contribution in [0.15, 0.2) is 42.5 Å². The van der Waals surface area contributed by atoms with Crippen molar-refractivity contribution >= 4 is 44.7 Å². The second-order valence-electron chi connectivity index (χ2n) is 6.68. The summed E-state index contributed by atoms with van der Waals surface area (Å²) in [7, 11) is 0. The topological polar surface area (TPSA) is 45.2 Å². The first-order chi connectivity index (χ1) is 12.6. The summed E-state index contributed by atoms with van der Waals surface area (Å²) in [5.74, 6) is -0.0382. The number of carbonyl (C=O) groups is 1. The number of nitrogens with one attached hydrogen (secondary N) is 1. The van der Waals surface area contributed by atoms with E-state index in [2.05, 4.69) is 16.3 Å². The van der Waals surface area contributed by atoms with Crippen molar-refractivity contribution in [3.05, 3.63) is 58.1 Å². The highest BCUT2D eigenvalue weighted by atomic mass is 35.5. The molecule has 0 unspecified atom stereocenters. The summed E-state index contributed by atoms with van der Waals surface area (Å²) >= 11 is 7.95. The highest BCUT2D eigenvalue weighted by Crippen LogP contribution is 2.36. The molecular formula is C20H20ClN3OS. The van der Waals surface area contributed by atoms with Gasteiger partial charge in [-0.2, -0.15) is 0 Å². The van der Waals surface area contributed by atoms with Crippen molar-refractivity contribution in [3.8, 4) is 0 Å². The molecule has 4 nitrogen and oxygen atoms in total. The van der Waals surface area contributed by atoms with Gasteiger partial charge in [0.05, 0.1) is 33.5 Å². The van der Waals surface area contributed by atoms with Gasteiger partial charge in [-0.15, -0.1) is 11.3 Å². The molecule has 3 aromatic rings. The molecule has 134 valence electrons. The number of nitrogens with zero attached hydrogens (tertiary/aromatic N) is 2. The number of amides is 1. The molecule has 1 amide bonds. The molecule has 0 spiro atoms. The molecule has 0 saturated carbocycles. The second kappa shape index (κ2) is 7.35. The van der Waals surface area contributed by atoms with Crippen LogP contribution in [0.2, 0.25) is 5.02 Å². The fraction of sp³-hybridized carbons (Fsp3) is 0.300. The predicted molar refractivity (Wildman–Crippen MR) is 108 cm³/mol. The molecule has 0 bridgehead atoms. The maximum Gasteiger partial charge on any atom is 0.238 e. The zero-order valence-electron chi connectivity index (χ0n) is 14.5. The van der Waals surface area contributed by atoms with Crippen molar-refractivity contribution in [1.29, 1.82) is 0 Å². The van der Waals surface area contributed by atoms with E-state index < -0.39 is 0 Å². The molecule has 0 aliphatic carbocycles. The van der Waals surface area contributed by atoms with Gasteiger partial charge in [0.2, 0.25) is 5.91 Å². The number of hydrogen-bond acceptors (Lipinski definition) is 4. The summed E-state index contributed by atoms with van der Waals surface area (Å²) in [6.45, 7) is 3.24. The molecule has 26 heavy (non-hydrogen) atoms. The first-order valence-electron chi connectivity index (χ1n) is 8.76. The third-order valence-corrected chi connectivity index (χ3v) is 6.15. The van der Waals surface area contributed by atoms with E-state index in [1.807, 2.05) is 43.3 Å². The van der Waals surface area contributed by atoms with Crippen molar-refractivity contribution in [3.63, 3.8) is 0 Å². The fourth-order valence-electron chi connectivity index (χ4n) is 3.42. The van der Waals surface area contributed by atoms with Gasteiger partial charge in [-0.3, -0.25) is 9.69 Å². The highest BCUT2D eigenvalue weighted by Gasteiger charge is 2.30. The third-order valence-electron chi connectivity index (χ3n) is 4.70. The maximum absolute atomic E-state index is 12.5. The standard InChI is InChI=1S/C20H20ClN3OS/c1-13-8-9-15(14(21)11-13)22-19(25)12-24-10-4-6-17(24)20-23-16-5-2-3-7-18(16)26-20/h2-3,5,7-9,11,17H,4,6,10,12H2,1H3,(H,22,25)/t17-/m0/s1. The SMILES string of the molecule is Cc1ccc(NC(=O)CN2CCC[C@H]2c2nc3ccccc3s2)c(Cl)c1. The first-order valence-corrected chi connectivity index (χ1v) is 9.95. The Morgan fingerprint density at radius 3 is 3.00 bits per heavy atom. The summed E-state index contributed by atoms with van der Waals surface area (Å²) in [5, 5.41) is 4.61.